The Balaban J connectivity index is 1.71. The van der Waals surface area contributed by atoms with Gasteiger partial charge in [0.2, 0.25) is 17.7 Å². The topological polar surface area (TPSA) is 90.0 Å². The molecule has 3 rings (SSSR count). The van der Waals surface area contributed by atoms with Gasteiger partial charge < -0.3 is 20.2 Å². The lowest BCUT2D eigenvalue weighted by molar-refractivity contribution is -0.156. The molecule has 22 heavy (non-hydrogen) atoms. The van der Waals surface area contributed by atoms with Crippen LogP contribution in [0.1, 0.15) is 4.88 Å². The molecule has 0 bridgehead atoms. The smallest absolute Gasteiger partial charge is 0.248 e. The number of nitrogens with zero attached hydrogens (tertiary/aromatic N) is 2. The summed E-state index contributed by atoms with van der Waals surface area (Å²) in [6, 6.07) is 2.66. The molecule has 7 nitrogen and oxygen atoms in total. The Morgan fingerprint density at radius 1 is 1.41 bits per heavy atom. The molecule has 1 aromatic heterocycles. The highest BCUT2D eigenvalue weighted by molar-refractivity contribution is 7.09. The Labute approximate surface area is 131 Å². The molecule has 3 amide bonds. The molecule has 3 heterocycles. The van der Waals surface area contributed by atoms with E-state index in [4.69, 9.17) is 5.11 Å². The fraction of sp³-hybridized carbons (Fsp3) is 0.500. The summed E-state index contributed by atoms with van der Waals surface area (Å²) in [4.78, 5) is 40.4. The van der Waals surface area contributed by atoms with E-state index in [2.05, 4.69) is 5.32 Å². The number of hydrogen-bond acceptors (Lipinski definition) is 5. The van der Waals surface area contributed by atoms with Crippen LogP contribution in [0.4, 0.5) is 0 Å². The van der Waals surface area contributed by atoms with Gasteiger partial charge in [-0.25, -0.2) is 0 Å². The molecule has 2 fully saturated rings. The Morgan fingerprint density at radius 3 is 2.91 bits per heavy atom. The summed E-state index contributed by atoms with van der Waals surface area (Å²) >= 11 is 1.55. The lowest BCUT2D eigenvalue weighted by atomic mass is 10.0. The first-order valence-electron chi connectivity index (χ1n) is 7.12. The van der Waals surface area contributed by atoms with Crippen molar-refractivity contribution in [3.63, 3.8) is 0 Å². The summed E-state index contributed by atoms with van der Waals surface area (Å²) in [5.41, 5.74) is 0. The zero-order chi connectivity index (χ0) is 15.7. The van der Waals surface area contributed by atoms with Crippen molar-refractivity contribution in [1.82, 2.24) is 15.1 Å². The molecule has 0 spiro atoms. The first-order valence-corrected chi connectivity index (χ1v) is 8.00. The molecule has 0 aliphatic carbocycles. The van der Waals surface area contributed by atoms with Crippen molar-refractivity contribution >= 4 is 29.1 Å². The molecule has 0 aromatic carbocycles. The number of thiophene rings is 1. The quantitative estimate of drug-likeness (QED) is 0.733. The van der Waals surface area contributed by atoms with Crippen LogP contribution in [-0.4, -0.2) is 71.0 Å². The summed E-state index contributed by atoms with van der Waals surface area (Å²) in [7, 11) is 0. The van der Waals surface area contributed by atoms with Crippen molar-refractivity contribution in [2.45, 2.75) is 18.5 Å². The van der Waals surface area contributed by atoms with E-state index in [1.165, 1.54) is 4.90 Å². The van der Waals surface area contributed by atoms with Crippen LogP contribution in [0.5, 0.6) is 0 Å². The Kier molecular flexibility index (Phi) is 4.12. The normalized spacial score (nSPS) is 25.0. The maximum atomic E-state index is 12.5. The lowest BCUT2D eigenvalue weighted by Crippen LogP contribution is -2.70. The zero-order valence-corrected chi connectivity index (χ0v) is 12.7. The van der Waals surface area contributed by atoms with Crippen LogP contribution in [0.15, 0.2) is 17.5 Å². The molecule has 8 heteroatoms. The zero-order valence-electron chi connectivity index (χ0n) is 11.9. The Hall–Kier alpha value is -1.93. The molecule has 0 radical (unpaired) electrons. The number of rotatable bonds is 3. The van der Waals surface area contributed by atoms with Gasteiger partial charge in [0.05, 0.1) is 6.54 Å². The minimum absolute atomic E-state index is 0.103. The van der Waals surface area contributed by atoms with Crippen LogP contribution in [0.3, 0.4) is 0 Å². The van der Waals surface area contributed by atoms with Gasteiger partial charge in [-0.2, -0.15) is 0 Å². The number of aliphatic hydroxyl groups is 1. The Morgan fingerprint density at radius 2 is 2.23 bits per heavy atom. The summed E-state index contributed by atoms with van der Waals surface area (Å²) < 4.78 is 0. The predicted molar refractivity (Wildman–Crippen MR) is 79.1 cm³/mol. The molecule has 1 aromatic rings. The first kappa shape index (κ1) is 15.0. The van der Waals surface area contributed by atoms with E-state index in [0.29, 0.717) is 19.5 Å². The maximum absolute atomic E-state index is 12.5. The third-order valence-corrected chi connectivity index (χ3v) is 4.95. The van der Waals surface area contributed by atoms with Crippen LogP contribution in [0.2, 0.25) is 0 Å². The maximum Gasteiger partial charge on any atom is 0.248 e. The van der Waals surface area contributed by atoms with Crippen LogP contribution >= 0.6 is 11.3 Å². The van der Waals surface area contributed by atoms with Gasteiger partial charge in [-0.1, -0.05) is 6.07 Å². The molecule has 2 N–H and O–H groups in total. The molecule has 0 unspecified atom stereocenters. The van der Waals surface area contributed by atoms with Crippen LogP contribution in [0, 0.1) is 0 Å². The van der Waals surface area contributed by atoms with E-state index in [-0.39, 0.29) is 18.4 Å². The summed E-state index contributed by atoms with van der Waals surface area (Å²) in [5, 5.41) is 13.6. The highest BCUT2D eigenvalue weighted by atomic mass is 32.1. The van der Waals surface area contributed by atoms with Crippen LogP contribution in [-0.2, 0) is 20.8 Å². The van der Waals surface area contributed by atoms with E-state index < -0.39 is 24.6 Å². The van der Waals surface area contributed by atoms with Gasteiger partial charge in [0.25, 0.3) is 0 Å². The number of hydrogen-bond donors (Lipinski definition) is 2. The minimum Gasteiger partial charge on any atom is -0.387 e. The number of piperazine rings is 2. The highest BCUT2D eigenvalue weighted by Gasteiger charge is 2.44. The number of fused-ring (bicyclic) bond motifs is 1. The monoisotopic (exact) mass is 323 g/mol. The number of amides is 3. The first-order chi connectivity index (χ1) is 10.6. The van der Waals surface area contributed by atoms with E-state index in [9.17, 15) is 14.4 Å². The van der Waals surface area contributed by atoms with Crippen LogP contribution < -0.4 is 5.32 Å². The molecule has 2 saturated heterocycles. The standard InChI is InChI=1S/C14H17N3O4S/c18-8-12(19)16-3-4-17-11(7-16)13(20)15-10(14(17)21)6-9-2-1-5-22-9/h1-2,5,10-11,18H,3-4,6-8H2,(H,15,20)/t10-,11-/m1/s1. The third-order valence-electron chi connectivity index (χ3n) is 4.05. The van der Waals surface area contributed by atoms with E-state index in [1.807, 2.05) is 17.5 Å². The van der Waals surface area contributed by atoms with Crippen molar-refractivity contribution in [2.75, 3.05) is 26.2 Å². The van der Waals surface area contributed by atoms with Gasteiger partial charge in [-0.3, -0.25) is 14.4 Å². The van der Waals surface area contributed by atoms with Gasteiger partial charge >= 0.3 is 0 Å². The lowest BCUT2D eigenvalue weighted by Gasteiger charge is -2.45. The SMILES string of the molecule is O=C1N[C@H](Cc2cccs2)C(=O)N2CCN(C(=O)CO)C[C@H]12. The molecule has 2 atom stereocenters. The van der Waals surface area contributed by atoms with E-state index in [0.717, 1.165) is 4.88 Å². The minimum atomic E-state index is -0.656. The van der Waals surface area contributed by atoms with Gasteiger partial charge in [0.1, 0.15) is 18.7 Å². The van der Waals surface area contributed by atoms with Crippen molar-refractivity contribution in [3.05, 3.63) is 22.4 Å². The predicted octanol–water partition coefficient (Wildman–Crippen LogP) is -1.18. The number of carbonyl (C=O) groups excluding carboxylic acids is 3. The largest absolute Gasteiger partial charge is 0.387 e. The number of nitrogens with one attached hydrogen (secondary N) is 1. The fourth-order valence-electron chi connectivity index (χ4n) is 2.90. The second kappa shape index (κ2) is 6.05. The van der Waals surface area contributed by atoms with Crippen LogP contribution in [0.25, 0.3) is 0 Å². The Bertz CT molecular complexity index is 589. The van der Waals surface area contributed by atoms with Crippen molar-refractivity contribution < 1.29 is 19.5 Å². The fourth-order valence-corrected chi connectivity index (χ4v) is 3.65. The molecule has 2 aliphatic rings. The number of carbonyl (C=O) groups is 3. The second-order valence-corrected chi connectivity index (χ2v) is 6.42. The average Bonchev–Trinajstić information content (AvgIpc) is 3.04. The van der Waals surface area contributed by atoms with Gasteiger partial charge in [-0.15, -0.1) is 11.3 Å². The van der Waals surface area contributed by atoms with Crippen molar-refractivity contribution in [2.24, 2.45) is 0 Å². The molecular formula is C14H17N3O4S. The van der Waals surface area contributed by atoms with Gasteiger partial charge in [0.15, 0.2) is 0 Å². The third kappa shape index (κ3) is 2.71. The summed E-state index contributed by atoms with van der Waals surface area (Å²) in [6.45, 7) is 0.232. The molecule has 0 saturated carbocycles. The van der Waals surface area contributed by atoms with Crippen molar-refractivity contribution in [1.29, 1.82) is 0 Å². The highest BCUT2D eigenvalue weighted by Crippen LogP contribution is 2.20. The molecule has 118 valence electrons. The second-order valence-electron chi connectivity index (χ2n) is 5.39. The molecular weight excluding hydrogens is 306 g/mol. The average molecular weight is 323 g/mol. The summed E-state index contributed by atoms with van der Waals surface area (Å²) in [6.07, 6.45) is 0.491. The van der Waals surface area contributed by atoms with E-state index >= 15 is 0 Å². The van der Waals surface area contributed by atoms with Gasteiger partial charge in [0, 0.05) is 24.4 Å². The molecule has 2 aliphatic heterocycles. The van der Waals surface area contributed by atoms with Gasteiger partial charge in [-0.05, 0) is 11.4 Å². The van der Waals surface area contributed by atoms with E-state index in [1.54, 1.807) is 16.2 Å². The van der Waals surface area contributed by atoms with Crippen molar-refractivity contribution in [3.8, 4) is 0 Å². The summed E-state index contributed by atoms with van der Waals surface area (Å²) in [5.74, 6) is -0.758. The number of aliphatic hydroxyl groups excluding tert-OH is 1.